The number of halogens is 1. The van der Waals surface area contributed by atoms with E-state index in [-0.39, 0.29) is 5.78 Å². The molecule has 0 saturated carbocycles. The first-order valence-electron chi connectivity index (χ1n) is 6.53. The van der Waals surface area contributed by atoms with E-state index < -0.39 is 5.97 Å². The van der Waals surface area contributed by atoms with E-state index in [9.17, 15) is 9.59 Å². The van der Waals surface area contributed by atoms with E-state index in [0.29, 0.717) is 5.56 Å². The molecule has 0 atom stereocenters. The molecule has 0 heterocycles. The zero-order valence-electron chi connectivity index (χ0n) is 11.6. The molecule has 1 N–H and O–H groups in total. The Balaban J connectivity index is 2.05. The van der Waals surface area contributed by atoms with Gasteiger partial charge in [0.2, 0.25) is 0 Å². The molecule has 0 radical (unpaired) electrons. The Hall–Kier alpha value is -2.46. The minimum Gasteiger partial charge on any atom is -0.478 e. The molecule has 2 aromatic rings. The van der Waals surface area contributed by atoms with Gasteiger partial charge in [-0.15, -0.1) is 0 Å². The second-order valence-electron chi connectivity index (χ2n) is 4.54. The third-order valence-electron chi connectivity index (χ3n) is 2.91. The average Bonchev–Trinajstić information content (AvgIpc) is 2.52. The number of carboxylic acids is 1. The summed E-state index contributed by atoms with van der Waals surface area (Å²) in [5, 5.41) is 8.56. The fraction of sp³-hybridized carbons (Fsp3) is 0. The van der Waals surface area contributed by atoms with E-state index in [0.717, 1.165) is 21.7 Å². The van der Waals surface area contributed by atoms with Crippen molar-refractivity contribution in [1.29, 1.82) is 0 Å². The van der Waals surface area contributed by atoms with Crippen LogP contribution in [0.3, 0.4) is 0 Å². The molecule has 0 spiro atoms. The average molecular weight is 357 g/mol. The van der Waals surface area contributed by atoms with Gasteiger partial charge >= 0.3 is 5.97 Å². The topological polar surface area (TPSA) is 54.4 Å². The maximum absolute atomic E-state index is 12.0. The van der Waals surface area contributed by atoms with Crippen LogP contribution in [0.4, 0.5) is 0 Å². The number of carbonyl (C=O) groups excluding carboxylic acids is 1. The molecule has 2 aromatic carbocycles. The minimum atomic E-state index is -0.982. The molecular weight excluding hydrogens is 344 g/mol. The summed E-state index contributed by atoms with van der Waals surface area (Å²) in [6.07, 6.45) is 5.85. The molecule has 0 aliphatic carbocycles. The fourth-order valence-corrected chi connectivity index (χ4v) is 2.03. The van der Waals surface area contributed by atoms with Crippen LogP contribution in [-0.4, -0.2) is 16.9 Å². The Bertz CT molecular complexity index is 726. The first-order valence-corrected chi connectivity index (χ1v) is 7.33. The lowest BCUT2D eigenvalue weighted by molar-refractivity contribution is -0.131. The van der Waals surface area contributed by atoms with Crippen molar-refractivity contribution in [2.45, 2.75) is 0 Å². The van der Waals surface area contributed by atoms with Crippen LogP contribution >= 0.6 is 15.9 Å². The molecule has 0 aromatic heterocycles. The van der Waals surface area contributed by atoms with Crippen LogP contribution < -0.4 is 0 Å². The molecule has 0 amide bonds. The van der Waals surface area contributed by atoms with Crippen molar-refractivity contribution in [3.63, 3.8) is 0 Å². The van der Waals surface area contributed by atoms with Crippen LogP contribution in [0, 0.1) is 0 Å². The van der Waals surface area contributed by atoms with Gasteiger partial charge in [0.05, 0.1) is 0 Å². The Kier molecular flexibility index (Phi) is 5.44. The highest BCUT2D eigenvalue weighted by Crippen LogP contribution is 2.12. The van der Waals surface area contributed by atoms with Crippen LogP contribution in [-0.2, 0) is 4.79 Å². The summed E-state index contributed by atoms with van der Waals surface area (Å²) in [4.78, 5) is 22.4. The van der Waals surface area contributed by atoms with Gasteiger partial charge in [-0.3, -0.25) is 4.79 Å². The molecule has 2 rings (SSSR count). The molecule has 0 aliphatic rings. The molecule has 0 aliphatic heterocycles. The van der Waals surface area contributed by atoms with Crippen molar-refractivity contribution in [2.75, 3.05) is 0 Å². The van der Waals surface area contributed by atoms with Gasteiger partial charge in [0.1, 0.15) is 0 Å². The largest absolute Gasteiger partial charge is 0.478 e. The molecule has 0 unspecified atom stereocenters. The van der Waals surface area contributed by atoms with Crippen molar-refractivity contribution < 1.29 is 14.7 Å². The minimum absolute atomic E-state index is 0.0673. The van der Waals surface area contributed by atoms with E-state index in [4.69, 9.17) is 5.11 Å². The van der Waals surface area contributed by atoms with Gasteiger partial charge < -0.3 is 5.11 Å². The van der Waals surface area contributed by atoms with E-state index in [1.807, 2.05) is 24.3 Å². The van der Waals surface area contributed by atoms with E-state index in [1.165, 1.54) is 12.2 Å². The number of carbonyl (C=O) groups is 2. The molecule has 4 heteroatoms. The lowest BCUT2D eigenvalue weighted by Gasteiger charge is -1.97. The zero-order chi connectivity index (χ0) is 15.9. The second kappa shape index (κ2) is 7.52. The molecular formula is C18H13BrO3. The number of aliphatic carboxylic acids is 1. The number of hydrogen-bond donors (Lipinski definition) is 1. The highest BCUT2D eigenvalue weighted by Gasteiger charge is 2.00. The normalized spacial score (nSPS) is 11.1. The monoisotopic (exact) mass is 356 g/mol. The lowest BCUT2D eigenvalue weighted by atomic mass is 10.1. The van der Waals surface area contributed by atoms with Crippen LogP contribution in [0.2, 0.25) is 0 Å². The summed E-state index contributed by atoms with van der Waals surface area (Å²) in [6, 6.07) is 14.4. The predicted molar refractivity (Wildman–Crippen MR) is 90.6 cm³/mol. The standard InChI is InChI=1S/C18H13BrO3/c19-16-9-7-15(8-10-16)17(20)11-5-13-1-3-14(4-2-13)6-12-18(21)22/h1-12H,(H,21,22)/b11-5+,12-6?. The molecule has 3 nitrogen and oxygen atoms in total. The number of rotatable bonds is 5. The van der Waals surface area contributed by atoms with Gasteiger partial charge in [-0.05, 0) is 47.5 Å². The van der Waals surface area contributed by atoms with Crippen LogP contribution in [0.25, 0.3) is 12.2 Å². The van der Waals surface area contributed by atoms with Gasteiger partial charge in [0, 0.05) is 16.1 Å². The van der Waals surface area contributed by atoms with E-state index in [2.05, 4.69) is 15.9 Å². The first kappa shape index (κ1) is 15.9. The Morgan fingerprint density at radius 3 is 1.82 bits per heavy atom. The van der Waals surface area contributed by atoms with Crippen molar-refractivity contribution in [3.05, 3.63) is 81.8 Å². The zero-order valence-corrected chi connectivity index (χ0v) is 13.2. The summed E-state index contributed by atoms with van der Waals surface area (Å²) in [5.41, 5.74) is 2.29. The van der Waals surface area contributed by atoms with E-state index >= 15 is 0 Å². The van der Waals surface area contributed by atoms with Gasteiger partial charge in [-0.2, -0.15) is 0 Å². The van der Waals surface area contributed by atoms with Crippen molar-refractivity contribution in [3.8, 4) is 0 Å². The van der Waals surface area contributed by atoms with Crippen molar-refractivity contribution in [2.24, 2.45) is 0 Å². The number of benzene rings is 2. The summed E-state index contributed by atoms with van der Waals surface area (Å²) in [7, 11) is 0. The van der Waals surface area contributed by atoms with E-state index in [1.54, 1.807) is 30.3 Å². The maximum atomic E-state index is 12.0. The van der Waals surface area contributed by atoms with Gasteiger partial charge in [0.25, 0.3) is 0 Å². The number of ketones is 1. The smallest absolute Gasteiger partial charge is 0.328 e. The van der Waals surface area contributed by atoms with Crippen molar-refractivity contribution >= 4 is 39.8 Å². The predicted octanol–water partition coefficient (Wildman–Crippen LogP) is 4.44. The lowest BCUT2D eigenvalue weighted by Crippen LogP contribution is -1.93. The van der Waals surface area contributed by atoms with Gasteiger partial charge in [-0.25, -0.2) is 4.79 Å². The van der Waals surface area contributed by atoms with Crippen LogP contribution in [0.15, 0.2) is 65.2 Å². The molecule has 110 valence electrons. The summed E-state index contributed by atoms with van der Waals surface area (Å²) in [5.74, 6) is -1.05. The van der Waals surface area contributed by atoms with Crippen LogP contribution in [0.5, 0.6) is 0 Å². The summed E-state index contributed by atoms with van der Waals surface area (Å²) < 4.78 is 0.929. The highest BCUT2D eigenvalue weighted by molar-refractivity contribution is 9.10. The van der Waals surface area contributed by atoms with Gasteiger partial charge in [0.15, 0.2) is 5.78 Å². The Morgan fingerprint density at radius 1 is 0.818 bits per heavy atom. The second-order valence-corrected chi connectivity index (χ2v) is 5.46. The molecule has 0 bridgehead atoms. The maximum Gasteiger partial charge on any atom is 0.328 e. The quantitative estimate of drug-likeness (QED) is 0.636. The number of allylic oxidation sites excluding steroid dienone is 1. The third-order valence-corrected chi connectivity index (χ3v) is 3.44. The van der Waals surface area contributed by atoms with Crippen LogP contribution in [0.1, 0.15) is 21.5 Å². The molecule has 0 saturated heterocycles. The Morgan fingerprint density at radius 2 is 1.32 bits per heavy atom. The number of carboxylic acid groups (broad SMARTS) is 1. The summed E-state index contributed by atoms with van der Waals surface area (Å²) in [6.45, 7) is 0. The fourth-order valence-electron chi connectivity index (χ4n) is 1.77. The summed E-state index contributed by atoms with van der Waals surface area (Å²) >= 11 is 3.33. The third kappa shape index (κ3) is 4.82. The SMILES string of the molecule is O=C(O)C=Cc1ccc(/C=C/C(=O)c2ccc(Br)cc2)cc1. The molecule has 22 heavy (non-hydrogen) atoms. The van der Waals surface area contributed by atoms with Gasteiger partial charge in [-0.1, -0.05) is 46.3 Å². The number of hydrogen-bond acceptors (Lipinski definition) is 2. The van der Waals surface area contributed by atoms with Crippen molar-refractivity contribution in [1.82, 2.24) is 0 Å². The highest BCUT2D eigenvalue weighted by atomic mass is 79.9. The molecule has 0 fully saturated rings. The Labute approximate surface area is 136 Å². The first-order chi connectivity index (χ1) is 10.5.